The molecule has 1 aliphatic rings. The summed E-state index contributed by atoms with van der Waals surface area (Å²) in [6, 6.07) is 5.52. The zero-order valence-electron chi connectivity index (χ0n) is 10.8. The second kappa shape index (κ2) is 5.93. The summed E-state index contributed by atoms with van der Waals surface area (Å²) in [5.74, 6) is 1.27. The number of hydrogen-bond donors (Lipinski definition) is 0. The average molecular weight is 296 g/mol. The van der Waals surface area contributed by atoms with Crippen LogP contribution in [0.2, 0.25) is 0 Å². The van der Waals surface area contributed by atoms with E-state index in [1.165, 1.54) is 6.07 Å². The molecule has 1 aliphatic heterocycles. The minimum atomic E-state index is -0.875. The van der Waals surface area contributed by atoms with Gasteiger partial charge in [-0.3, -0.25) is 4.90 Å². The summed E-state index contributed by atoms with van der Waals surface area (Å²) in [5.41, 5.74) is 1.05. The van der Waals surface area contributed by atoms with Crippen molar-refractivity contribution in [3.05, 3.63) is 41.7 Å². The highest BCUT2D eigenvalue weighted by Crippen LogP contribution is 2.22. The van der Waals surface area contributed by atoms with E-state index in [1.807, 2.05) is 11.8 Å². The van der Waals surface area contributed by atoms with Crippen LogP contribution in [0.15, 0.2) is 28.8 Å². The van der Waals surface area contributed by atoms with E-state index in [1.54, 1.807) is 6.07 Å². The van der Waals surface area contributed by atoms with Gasteiger partial charge >= 0.3 is 0 Å². The topological polar surface area (TPSA) is 29.3 Å². The molecule has 1 aromatic heterocycles. The molecule has 106 valence electrons. The SMILES string of the molecule is Fc1ccc(-c2cc(CN3CCSCC3)on2)cc1F. The van der Waals surface area contributed by atoms with Crippen LogP contribution in [-0.2, 0) is 6.54 Å². The Morgan fingerprint density at radius 1 is 1.15 bits per heavy atom. The molecule has 3 rings (SSSR count). The molecule has 0 radical (unpaired) electrons. The van der Waals surface area contributed by atoms with Crippen molar-refractivity contribution >= 4 is 11.8 Å². The smallest absolute Gasteiger partial charge is 0.159 e. The van der Waals surface area contributed by atoms with E-state index in [0.29, 0.717) is 17.8 Å². The summed E-state index contributed by atoms with van der Waals surface area (Å²) < 4.78 is 31.4. The number of benzene rings is 1. The van der Waals surface area contributed by atoms with Gasteiger partial charge in [0.15, 0.2) is 17.4 Å². The molecule has 0 spiro atoms. The van der Waals surface area contributed by atoms with Crippen LogP contribution in [0, 0.1) is 11.6 Å². The van der Waals surface area contributed by atoms with Gasteiger partial charge < -0.3 is 4.52 Å². The predicted molar refractivity (Wildman–Crippen MR) is 74.5 cm³/mol. The van der Waals surface area contributed by atoms with Crippen molar-refractivity contribution in [1.82, 2.24) is 10.1 Å². The van der Waals surface area contributed by atoms with Gasteiger partial charge in [0.05, 0.1) is 6.54 Å². The van der Waals surface area contributed by atoms with Crippen LogP contribution in [0.3, 0.4) is 0 Å². The number of hydrogen-bond acceptors (Lipinski definition) is 4. The van der Waals surface area contributed by atoms with E-state index in [0.717, 1.165) is 42.5 Å². The lowest BCUT2D eigenvalue weighted by Crippen LogP contribution is -2.31. The van der Waals surface area contributed by atoms with Crippen molar-refractivity contribution in [1.29, 1.82) is 0 Å². The van der Waals surface area contributed by atoms with Gasteiger partial charge in [0.2, 0.25) is 0 Å². The maximum absolute atomic E-state index is 13.2. The van der Waals surface area contributed by atoms with E-state index in [-0.39, 0.29) is 0 Å². The number of thioether (sulfide) groups is 1. The van der Waals surface area contributed by atoms with E-state index < -0.39 is 11.6 Å². The van der Waals surface area contributed by atoms with Gasteiger partial charge in [-0.15, -0.1) is 0 Å². The van der Waals surface area contributed by atoms with Crippen LogP contribution in [0.4, 0.5) is 8.78 Å². The van der Waals surface area contributed by atoms with E-state index >= 15 is 0 Å². The lowest BCUT2D eigenvalue weighted by molar-refractivity contribution is 0.251. The summed E-state index contributed by atoms with van der Waals surface area (Å²) in [6.45, 7) is 2.77. The second-order valence-electron chi connectivity index (χ2n) is 4.70. The third kappa shape index (κ3) is 3.02. The number of rotatable bonds is 3. The van der Waals surface area contributed by atoms with E-state index in [4.69, 9.17) is 4.52 Å². The van der Waals surface area contributed by atoms with Crippen LogP contribution in [0.25, 0.3) is 11.3 Å². The molecule has 6 heteroatoms. The van der Waals surface area contributed by atoms with Crippen LogP contribution >= 0.6 is 11.8 Å². The molecule has 2 heterocycles. The molecule has 3 nitrogen and oxygen atoms in total. The largest absolute Gasteiger partial charge is 0.359 e. The van der Waals surface area contributed by atoms with Crippen molar-refractivity contribution in [2.45, 2.75) is 6.54 Å². The van der Waals surface area contributed by atoms with Gasteiger partial charge in [0.1, 0.15) is 5.69 Å². The maximum Gasteiger partial charge on any atom is 0.159 e. The standard InChI is InChI=1S/C14H14F2N2OS/c15-12-2-1-10(7-13(12)16)14-8-11(19-17-14)9-18-3-5-20-6-4-18/h1-2,7-8H,3-6,9H2. The van der Waals surface area contributed by atoms with Crippen molar-refractivity contribution in [3.8, 4) is 11.3 Å². The molecule has 1 fully saturated rings. The van der Waals surface area contributed by atoms with Gasteiger partial charge in [0, 0.05) is 36.2 Å². The van der Waals surface area contributed by atoms with Gasteiger partial charge in [-0.2, -0.15) is 11.8 Å². The summed E-state index contributed by atoms with van der Waals surface area (Å²) in [5, 5.41) is 3.93. The summed E-state index contributed by atoms with van der Waals surface area (Å²) in [6.07, 6.45) is 0. The van der Waals surface area contributed by atoms with Crippen LogP contribution in [0.5, 0.6) is 0 Å². The first-order valence-corrected chi connectivity index (χ1v) is 7.59. The Bertz CT molecular complexity index is 597. The second-order valence-corrected chi connectivity index (χ2v) is 5.92. The van der Waals surface area contributed by atoms with Crippen molar-refractivity contribution < 1.29 is 13.3 Å². The molecular weight excluding hydrogens is 282 g/mol. The fraction of sp³-hybridized carbons (Fsp3) is 0.357. The number of halogens is 2. The van der Waals surface area contributed by atoms with Crippen molar-refractivity contribution in [2.75, 3.05) is 24.6 Å². The average Bonchev–Trinajstić information content (AvgIpc) is 2.91. The Morgan fingerprint density at radius 2 is 1.95 bits per heavy atom. The molecule has 1 saturated heterocycles. The molecule has 1 aromatic carbocycles. The molecule has 0 aliphatic carbocycles. The van der Waals surface area contributed by atoms with Crippen LogP contribution in [-0.4, -0.2) is 34.7 Å². The molecule has 0 unspecified atom stereocenters. The van der Waals surface area contributed by atoms with E-state index in [9.17, 15) is 8.78 Å². The molecule has 0 saturated carbocycles. The third-order valence-electron chi connectivity index (χ3n) is 3.26. The summed E-state index contributed by atoms with van der Waals surface area (Å²) in [4.78, 5) is 2.30. The molecule has 0 amide bonds. The Kier molecular flexibility index (Phi) is 4.03. The number of aromatic nitrogens is 1. The molecular formula is C14H14F2N2OS. The lowest BCUT2D eigenvalue weighted by atomic mass is 10.1. The molecule has 0 N–H and O–H groups in total. The lowest BCUT2D eigenvalue weighted by Gasteiger charge is -2.24. The van der Waals surface area contributed by atoms with Crippen molar-refractivity contribution in [2.24, 2.45) is 0 Å². The van der Waals surface area contributed by atoms with E-state index in [2.05, 4.69) is 10.1 Å². The zero-order valence-corrected chi connectivity index (χ0v) is 11.6. The van der Waals surface area contributed by atoms with Gasteiger partial charge in [-0.1, -0.05) is 5.16 Å². The molecule has 20 heavy (non-hydrogen) atoms. The first kappa shape index (κ1) is 13.6. The number of nitrogens with zero attached hydrogens (tertiary/aromatic N) is 2. The quantitative estimate of drug-likeness (QED) is 0.870. The zero-order chi connectivity index (χ0) is 13.9. The van der Waals surface area contributed by atoms with Gasteiger partial charge in [-0.05, 0) is 18.2 Å². The van der Waals surface area contributed by atoms with Crippen LogP contribution in [0.1, 0.15) is 5.76 Å². The maximum atomic E-state index is 13.2. The van der Waals surface area contributed by atoms with Gasteiger partial charge in [0.25, 0.3) is 0 Å². The molecule has 2 aromatic rings. The monoisotopic (exact) mass is 296 g/mol. The highest BCUT2D eigenvalue weighted by Gasteiger charge is 2.15. The Balaban J connectivity index is 1.73. The first-order valence-electron chi connectivity index (χ1n) is 6.43. The Morgan fingerprint density at radius 3 is 2.70 bits per heavy atom. The predicted octanol–water partition coefficient (Wildman–Crippen LogP) is 3.17. The minimum Gasteiger partial charge on any atom is -0.359 e. The van der Waals surface area contributed by atoms with Gasteiger partial charge in [-0.25, -0.2) is 8.78 Å². The summed E-state index contributed by atoms with van der Waals surface area (Å²) >= 11 is 1.95. The van der Waals surface area contributed by atoms with Crippen molar-refractivity contribution in [3.63, 3.8) is 0 Å². The molecule has 0 atom stereocenters. The normalized spacial score (nSPS) is 16.5. The Hall–Kier alpha value is -1.40. The Labute approximate surface area is 119 Å². The minimum absolute atomic E-state index is 0.521. The first-order chi connectivity index (χ1) is 9.72. The van der Waals surface area contributed by atoms with Crippen LogP contribution < -0.4 is 0 Å². The molecule has 0 bridgehead atoms. The fourth-order valence-corrected chi connectivity index (χ4v) is 3.14. The third-order valence-corrected chi connectivity index (χ3v) is 4.20. The highest BCUT2D eigenvalue weighted by atomic mass is 32.2. The highest BCUT2D eigenvalue weighted by molar-refractivity contribution is 7.99. The summed E-state index contributed by atoms with van der Waals surface area (Å²) in [7, 11) is 0. The fourth-order valence-electron chi connectivity index (χ4n) is 2.16.